The molecule has 5 fully saturated rings. The maximum atomic E-state index is 13.1. The summed E-state index contributed by atoms with van der Waals surface area (Å²) < 4.78 is 5.20. The Morgan fingerprint density at radius 3 is 2.17 bits per heavy atom. The minimum absolute atomic E-state index is 0.0153. The quantitative estimate of drug-likeness (QED) is 0.667. The lowest BCUT2D eigenvalue weighted by atomic mass is 9.49. The van der Waals surface area contributed by atoms with Gasteiger partial charge in [0.2, 0.25) is 5.91 Å². The van der Waals surface area contributed by atoms with Crippen molar-refractivity contribution in [3.63, 3.8) is 0 Å². The summed E-state index contributed by atoms with van der Waals surface area (Å²) in [4.78, 5) is 37.6. The van der Waals surface area contributed by atoms with Crippen LogP contribution in [0.5, 0.6) is 0 Å². The van der Waals surface area contributed by atoms with Crippen molar-refractivity contribution in [3.8, 4) is 0 Å². The second-order valence-electron chi connectivity index (χ2n) is 10.4. The number of carbonyl (C=O) groups is 3. The van der Waals surface area contributed by atoms with Gasteiger partial charge in [0, 0.05) is 11.5 Å². The molecule has 0 spiro atoms. The molecule has 0 aromatic rings. The van der Waals surface area contributed by atoms with Crippen LogP contribution in [0.25, 0.3) is 0 Å². The van der Waals surface area contributed by atoms with Crippen molar-refractivity contribution in [1.82, 2.24) is 10.6 Å². The number of rotatable bonds is 6. The molecule has 0 aliphatic heterocycles. The lowest BCUT2D eigenvalue weighted by Gasteiger charge is -2.55. The average Bonchev–Trinajstić information content (AvgIpc) is 2.66. The molecule has 0 radical (unpaired) electrons. The first-order chi connectivity index (χ1) is 13.8. The van der Waals surface area contributed by atoms with E-state index >= 15 is 0 Å². The molecule has 4 bridgehead atoms. The van der Waals surface area contributed by atoms with Gasteiger partial charge in [0.15, 0.2) is 6.61 Å². The van der Waals surface area contributed by atoms with Gasteiger partial charge >= 0.3 is 5.97 Å². The molecule has 5 rings (SSSR count). The van der Waals surface area contributed by atoms with Crippen LogP contribution in [-0.2, 0) is 19.1 Å². The summed E-state index contributed by atoms with van der Waals surface area (Å²) in [7, 11) is 0. The van der Waals surface area contributed by atoms with E-state index in [0.717, 1.165) is 38.5 Å². The molecule has 2 amide bonds. The molecule has 5 aliphatic carbocycles. The number of nitrogens with one attached hydrogen (secondary N) is 2. The maximum absolute atomic E-state index is 13.1. The van der Waals surface area contributed by atoms with Crippen molar-refractivity contribution in [1.29, 1.82) is 0 Å². The monoisotopic (exact) mass is 404 g/mol. The highest BCUT2D eigenvalue weighted by molar-refractivity contribution is 5.89. The summed E-state index contributed by atoms with van der Waals surface area (Å²) in [5.41, 5.74) is -0.280. The molecule has 0 unspecified atom stereocenters. The van der Waals surface area contributed by atoms with Crippen LogP contribution in [0.15, 0.2) is 0 Å². The zero-order chi connectivity index (χ0) is 20.6. The molecule has 5 saturated carbocycles. The Kier molecular flexibility index (Phi) is 5.90. The van der Waals surface area contributed by atoms with Crippen LogP contribution in [0.2, 0.25) is 0 Å². The standard InChI is InChI=1S/C23H36N2O4/c1-14-5-3-4-6-19(14)25-20(26)13-29-21(27)15(2)24-22(28)23-10-16-7-17(11-23)9-18(8-16)12-23/h14-19H,3-13H2,1-2H3,(H,24,28)(H,25,26)/t14-,15+,16?,17?,18?,19+,23?/m1/s1. The predicted octanol–water partition coefficient (Wildman–Crippen LogP) is 2.95. The first kappa shape index (κ1) is 20.7. The Morgan fingerprint density at radius 2 is 1.59 bits per heavy atom. The van der Waals surface area contributed by atoms with Gasteiger partial charge in [-0.05, 0) is 82.0 Å². The summed E-state index contributed by atoms with van der Waals surface area (Å²) in [6.07, 6.45) is 11.2. The fraction of sp³-hybridized carbons (Fsp3) is 0.870. The Balaban J connectivity index is 1.23. The molecule has 6 heteroatoms. The van der Waals surface area contributed by atoms with Crippen molar-refractivity contribution in [2.75, 3.05) is 6.61 Å². The Morgan fingerprint density at radius 1 is 1.00 bits per heavy atom. The first-order valence-electron chi connectivity index (χ1n) is 11.6. The minimum Gasteiger partial charge on any atom is -0.454 e. The van der Waals surface area contributed by atoms with Gasteiger partial charge in [0.1, 0.15) is 6.04 Å². The molecule has 3 atom stereocenters. The van der Waals surface area contributed by atoms with Crippen molar-refractivity contribution in [2.45, 2.75) is 90.1 Å². The maximum Gasteiger partial charge on any atom is 0.328 e. The average molecular weight is 405 g/mol. The number of amides is 2. The third-order valence-corrected chi connectivity index (χ3v) is 8.02. The number of ether oxygens (including phenoxy) is 1. The molecule has 0 aromatic heterocycles. The van der Waals surface area contributed by atoms with Gasteiger partial charge in [0.05, 0.1) is 0 Å². The van der Waals surface area contributed by atoms with Gasteiger partial charge in [-0.15, -0.1) is 0 Å². The van der Waals surface area contributed by atoms with Gasteiger partial charge in [-0.2, -0.15) is 0 Å². The van der Waals surface area contributed by atoms with Crippen molar-refractivity contribution >= 4 is 17.8 Å². The summed E-state index contributed by atoms with van der Waals surface area (Å²) in [6, 6.07) is -0.555. The van der Waals surface area contributed by atoms with E-state index < -0.39 is 12.0 Å². The largest absolute Gasteiger partial charge is 0.454 e. The van der Waals surface area contributed by atoms with E-state index in [9.17, 15) is 14.4 Å². The molecule has 29 heavy (non-hydrogen) atoms. The number of hydrogen-bond donors (Lipinski definition) is 2. The molecular weight excluding hydrogens is 368 g/mol. The summed E-state index contributed by atoms with van der Waals surface area (Å²) in [6.45, 7) is 3.53. The highest BCUT2D eigenvalue weighted by Crippen LogP contribution is 2.60. The molecule has 0 saturated heterocycles. The minimum atomic E-state index is -0.725. The lowest BCUT2D eigenvalue weighted by Crippen LogP contribution is -2.56. The van der Waals surface area contributed by atoms with Gasteiger partial charge < -0.3 is 15.4 Å². The molecule has 2 N–H and O–H groups in total. The lowest BCUT2D eigenvalue weighted by molar-refractivity contribution is -0.155. The van der Waals surface area contributed by atoms with Gasteiger partial charge in [-0.1, -0.05) is 19.8 Å². The van der Waals surface area contributed by atoms with Crippen molar-refractivity contribution < 1.29 is 19.1 Å². The van der Waals surface area contributed by atoms with E-state index in [4.69, 9.17) is 4.74 Å². The first-order valence-corrected chi connectivity index (χ1v) is 11.6. The third-order valence-electron chi connectivity index (χ3n) is 8.02. The van der Waals surface area contributed by atoms with Crippen molar-refractivity contribution in [2.24, 2.45) is 29.1 Å². The third kappa shape index (κ3) is 4.46. The SMILES string of the molecule is C[C@H](NC(=O)C12CC3CC(CC(C3)C1)C2)C(=O)OCC(=O)N[C@H]1CCCC[C@H]1C. The van der Waals surface area contributed by atoms with Crippen LogP contribution in [0.3, 0.4) is 0 Å². The Hall–Kier alpha value is -1.59. The van der Waals surface area contributed by atoms with Crippen LogP contribution in [0, 0.1) is 29.1 Å². The molecule has 0 aromatic carbocycles. The van der Waals surface area contributed by atoms with Crippen LogP contribution in [0.1, 0.15) is 78.1 Å². The smallest absolute Gasteiger partial charge is 0.328 e. The number of hydrogen-bond acceptors (Lipinski definition) is 4. The van der Waals surface area contributed by atoms with Gasteiger partial charge in [-0.3, -0.25) is 9.59 Å². The topological polar surface area (TPSA) is 84.5 Å². The molecule has 0 heterocycles. The normalized spacial score (nSPS) is 38.9. The van der Waals surface area contributed by atoms with E-state index in [1.165, 1.54) is 25.7 Å². The van der Waals surface area contributed by atoms with Crippen molar-refractivity contribution in [3.05, 3.63) is 0 Å². The summed E-state index contributed by atoms with van der Waals surface area (Å²) >= 11 is 0. The van der Waals surface area contributed by atoms with E-state index in [0.29, 0.717) is 23.7 Å². The highest BCUT2D eigenvalue weighted by atomic mass is 16.5. The van der Waals surface area contributed by atoms with E-state index in [1.54, 1.807) is 6.92 Å². The molecular formula is C23H36N2O4. The van der Waals surface area contributed by atoms with Crippen LogP contribution in [0.4, 0.5) is 0 Å². The van der Waals surface area contributed by atoms with Gasteiger partial charge in [0.25, 0.3) is 5.91 Å². The molecule has 162 valence electrons. The Labute approximate surface area is 173 Å². The Bertz CT molecular complexity index is 626. The fourth-order valence-electron chi connectivity index (χ4n) is 6.84. The summed E-state index contributed by atoms with van der Waals surface area (Å²) in [5, 5.41) is 5.89. The predicted molar refractivity (Wildman–Crippen MR) is 109 cm³/mol. The second-order valence-corrected chi connectivity index (χ2v) is 10.4. The van der Waals surface area contributed by atoms with E-state index in [2.05, 4.69) is 17.6 Å². The summed E-state index contributed by atoms with van der Waals surface area (Å²) in [5.74, 6) is 1.73. The van der Waals surface area contributed by atoms with Crippen LogP contribution in [-0.4, -0.2) is 36.5 Å². The molecule has 6 nitrogen and oxygen atoms in total. The fourth-order valence-corrected chi connectivity index (χ4v) is 6.84. The highest BCUT2D eigenvalue weighted by Gasteiger charge is 2.54. The van der Waals surface area contributed by atoms with E-state index in [1.807, 2.05) is 0 Å². The zero-order valence-corrected chi connectivity index (χ0v) is 17.9. The van der Waals surface area contributed by atoms with Gasteiger partial charge in [-0.25, -0.2) is 4.79 Å². The zero-order valence-electron chi connectivity index (χ0n) is 17.9. The van der Waals surface area contributed by atoms with Crippen LogP contribution < -0.4 is 10.6 Å². The number of esters is 1. The number of carbonyl (C=O) groups excluding carboxylic acids is 3. The van der Waals surface area contributed by atoms with Crippen LogP contribution >= 0.6 is 0 Å². The second kappa shape index (κ2) is 8.27. The van der Waals surface area contributed by atoms with E-state index in [-0.39, 0.29) is 29.9 Å². The molecule has 5 aliphatic rings.